The van der Waals surface area contributed by atoms with E-state index < -0.39 is 17.9 Å². The number of carbonyl (C=O) groups excluding carboxylic acids is 2. The van der Waals surface area contributed by atoms with Gasteiger partial charge in [0.2, 0.25) is 0 Å². The van der Waals surface area contributed by atoms with Crippen LogP contribution in [-0.4, -0.2) is 34.1 Å². The highest BCUT2D eigenvalue weighted by atomic mass is 16.3. The summed E-state index contributed by atoms with van der Waals surface area (Å²) in [5.74, 6) is -1.40. The summed E-state index contributed by atoms with van der Waals surface area (Å²) in [6.07, 6.45) is 2.59. The monoisotopic (exact) mass is 317 g/mol. The number of anilines is 1. The van der Waals surface area contributed by atoms with E-state index in [1.54, 1.807) is 6.07 Å². The lowest BCUT2D eigenvalue weighted by Gasteiger charge is -2.09. The molecule has 3 N–H and O–H groups in total. The van der Waals surface area contributed by atoms with Gasteiger partial charge in [-0.2, -0.15) is 0 Å². The number of amides is 2. The maximum absolute atomic E-state index is 11.9. The molecule has 0 fully saturated rings. The van der Waals surface area contributed by atoms with Gasteiger partial charge in [-0.05, 0) is 43.4 Å². The molecule has 1 heterocycles. The van der Waals surface area contributed by atoms with Crippen molar-refractivity contribution in [1.29, 1.82) is 0 Å². The van der Waals surface area contributed by atoms with Crippen LogP contribution in [0.2, 0.25) is 0 Å². The molecule has 6 nitrogen and oxygen atoms in total. The average molecular weight is 317 g/mol. The number of aryl methyl sites for hydroxylation is 1. The summed E-state index contributed by atoms with van der Waals surface area (Å²) in [4.78, 5) is 23.6. The third-order valence-electron chi connectivity index (χ3n) is 3.81. The van der Waals surface area contributed by atoms with Gasteiger partial charge in [0.25, 0.3) is 0 Å². The molecule has 0 saturated heterocycles. The van der Waals surface area contributed by atoms with Crippen LogP contribution in [0.5, 0.6) is 0 Å². The molecule has 0 saturated carbocycles. The second kappa shape index (κ2) is 7.78. The molecule has 0 spiro atoms. The van der Waals surface area contributed by atoms with Gasteiger partial charge < -0.3 is 20.3 Å². The van der Waals surface area contributed by atoms with Crippen LogP contribution in [-0.2, 0) is 16.1 Å². The second-order valence-electron chi connectivity index (χ2n) is 5.44. The first-order chi connectivity index (χ1) is 11.0. The number of nitrogens with zero attached hydrogens (tertiary/aromatic N) is 1. The number of hydrogen-bond acceptors (Lipinski definition) is 3. The van der Waals surface area contributed by atoms with Crippen LogP contribution in [0.4, 0.5) is 5.69 Å². The van der Waals surface area contributed by atoms with Crippen molar-refractivity contribution in [2.24, 2.45) is 0 Å². The van der Waals surface area contributed by atoms with Crippen molar-refractivity contribution in [2.45, 2.75) is 39.3 Å². The first kappa shape index (κ1) is 17.0. The molecule has 0 aliphatic rings. The van der Waals surface area contributed by atoms with E-state index in [2.05, 4.69) is 15.2 Å². The van der Waals surface area contributed by atoms with Crippen LogP contribution in [0.15, 0.2) is 30.5 Å². The molecule has 1 aromatic carbocycles. The second-order valence-corrected chi connectivity index (χ2v) is 5.44. The summed E-state index contributed by atoms with van der Waals surface area (Å²) in [5.41, 5.74) is 1.59. The van der Waals surface area contributed by atoms with Crippen LogP contribution >= 0.6 is 0 Å². The lowest BCUT2D eigenvalue weighted by Crippen LogP contribution is -2.36. The van der Waals surface area contributed by atoms with Gasteiger partial charge >= 0.3 is 11.8 Å². The highest BCUT2D eigenvalue weighted by Gasteiger charge is 2.14. The van der Waals surface area contributed by atoms with E-state index in [0.29, 0.717) is 18.5 Å². The highest BCUT2D eigenvalue weighted by molar-refractivity contribution is 6.39. The zero-order chi connectivity index (χ0) is 16.8. The van der Waals surface area contributed by atoms with E-state index in [-0.39, 0.29) is 6.54 Å². The first-order valence-corrected chi connectivity index (χ1v) is 7.91. The molecule has 0 aliphatic carbocycles. The molecule has 2 aromatic rings. The van der Waals surface area contributed by atoms with Crippen LogP contribution in [0, 0.1) is 0 Å². The van der Waals surface area contributed by atoms with E-state index in [9.17, 15) is 14.7 Å². The number of aliphatic hydroxyl groups is 1. The number of aliphatic hydroxyl groups excluding tert-OH is 1. The molecule has 2 rings (SSSR count). The summed E-state index contributed by atoms with van der Waals surface area (Å²) >= 11 is 0. The molecule has 6 heteroatoms. The molecule has 124 valence electrons. The van der Waals surface area contributed by atoms with E-state index >= 15 is 0 Å². The summed E-state index contributed by atoms with van der Waals surface area (Å²) in [7, 11) is 0. The summed E-state index contributed by atoms with van der Waals surface area (Å²) in [6.45, 7) is 5.02. The number of hydrogen-bond donors (Lipinski definition) is 3. The Bertz CT molecular complexity index is 693. The minimum Gasteiger partial charge on any atom is -0.393 e. The fraction of sp³-hybridized carbons (Fsp3) is 0.412. The molecular formula is C17H23N3O3. The van der Waals surface area contributed by atoms with E-state index in [4.69, 9.17) is 0 Å². The minimum atomic E-state index is -0.704. The summed E-state index contributed by atoms with van der Waals surface area (Å²) in [5, 5.41) is 15.6. The zero-order valence-electron chi connectivity index (χ0n) is 13.5. The largest absolute Gasteiger partial charge is 0.393 e. The van der Waals surface area contributed by atoms with Gasteiger partial charge in [-0.3, -0.25) is 9.59 Å². The standard InChI is InChI=1S/C17H23N3O3/c1-3-14(21)7-9-18-16(22)17(23)19-13-6-5-12-8-10-20(4-2)15(12)11-13/h5-6,8,10-11,14,21H,3-4,7,9H2,1-2H3,(H,18,22)(H,19,23). The van der Waals surface area contributed by atoms with Crippen molar-refractivity contribution < 1.29 is 14.7 Å². The van der Waals surface area contributed by atoms with Crippen LogP contribution in [0.3, 0.4) is 0 Å². The van der Waals surface area contributed by atoms with Gasteiger partial charge in [0.05, 0.1) is 11.6 Å². The Hall–Kier alpha value is -2.34. The predicted octanol–water partition coefficient (Wildman–Crippen LogP) is 1.88. The Labute approximate surface area is 135 Å². The van der Waals surface area contributed by atoms with Gasteiger partial charge in [-0.1, -0.05) is 13.0 Å². The lowest BCUT2D eigenvalue weighted by atomic mass is 10.2. The maximum Gasteiger partial charge on any atom is 0.313 e. The fourth-order valence-electron chi connectivity index (χ4n) is 2.36. The molecule has 23 heavy (non-hydrogen) atoms. The molecule has 1 atom stereocenters. The molecule has 0 aliphatic heterocycles. The Morgan fingerprint density at radius 1 is 1.22 bits per heavy atom. The first-order valence-electron chi connectivity index (χ1n) is 7.91. The molecule has 1 aromatic heterocycles. The maximum atomic E-state index is 11.9. The van der Waals surface area contributed by atoms with E-state index in [1.165, 1.54) is 0 Å². The Balaban J connectivity index is 1.95. The number of rotatable bonds is 6. The molecule has 2 amide bonds. The van der Waals surface area contributed by atoms with E-state index in [1.807, 2.05) is 38.2 Å². The fourth-order valence-corrected chi connectivity index (χ4v) is 2.36. The Kier molecular flexibility index (Phi) is 5.76. The molecule has 1 unspecified atom stereocenters. The lowest BCUT2D eigenvalue weighted by molar-refractivity contribution is -0.136. The van der Waals surface area contributed by atoms with Gasteiger partial charge in [0.15, 0.2) is 0 Å². The smallest absolute Gasteiger partial charge is 0.313 e. The van der Waals surface area contributed by atoms with Crippen LogP contribution in [0.1, 0.15) is 26.7 Å². The van der Waals surface area contributed by atoms with E-state index in [0.717, 1.165) is 17.4 Å². The average Bonchev–Trinajstić information content (AvgIpc) is 2.96. The third kappa shape index (κ3) is 4.32. The third-order valence-corrected chi connectivity index (χ3v) is 3.81. The van der Waals surface area contributed by atoms with Crippen molar-refractivity contribution in [1.82, 2.24) is 9.88 Å². The highest BCUT2D eigenvalue weighted by Crippen LogP contribution is 2.20. The van der Waals surface area contributed by atoms with Gasteiger partial charge in [-0.15, -0.1) is 0 Å². The van der Waals surface area contributed by atoms with Crippen LogP contribution < -0.4 is 10.6 Å². The Morgan fingerprint density at radius 3 is 2.70 bits per heavy atom. The zero-order valence-corrected chi connectivity index (χ0v) is 13.5. The minimum absolute atomic E-state index is 0.277. The molecular weight excluding hydrogens is 294 g/mol. The van der Waals surface area contributed by atoms with Gasteiger partial charge in [0.1, 0.15) is 0 Å². The van der Waals surface area contributed by atoms with Crippen molar-refractivity contribution in [2.75, 3.05) is 11.9 Å². The number of aromatic nitrogens is 1. The van der Waals surface area contributed by atoms with Crippen molar-refractivity contribution in [3.8, 4) is 0 Å². The van der Waals surface area contributed by atoms with Gasteiger partial charge in [0, 0.05) is 25.0 Å². The van der Waals surface area contributed by atoms with Gasteiger partial charge in [-0.25, -0.2) is 0 Å². The normalized spacial score (nSPS) is 12.1. The van der Waals surface area contributed by atoms with Crippen molar-refractivity contribution in [3.63, 3.8) is 0 Å². The number of nitrogens with one attached hydrogen (secondary N) is 2. The molecule has 0 radical (unpaired) electrons. The van der Waals surface area contributed by atoms with Crippen molar-refractivity contribution >= 4 is 28.4 Å². The number of benzene rings is 1. The van der Waals surface area contributed by atoms with Crippen molar-refractivity contribution in [3.05, 3.63) is 30.5 Å². The SMILES string of the molecule is CCC(O)CCNC(=O)C(=O)Nc1ccc2ccn(CC)c2c1. The topological polar surface area (TPSA) is 83.4 Å². The quantitative estimate of drug-likeness (QED) is 0.711. The molecule has 0 bridgehead atoms. The number of fused-ring (bicyclic) bond motifs is 1. The summed E-state index contributed by atoms with van der Waals surface area (Å²) in [6, 6.07) is 7.54. The van der Waals surface area contributed by atoms with Crippen LogP contribution in [0.25, 0.3) is 10.9 Å². The summed E-state index contributed by atoms with van der Waals surface area (Å²) < 4.78 is 2.07. The Morgan fingerprint density at radius 2 is 2.00 bits per heavy atom. The number of carbonyl (C=O) groups is 2. The predicted molar refractivity (Wildman–Crippen MR) is 90.2 cm³/mol.